The molecule has 12 heavy (non-hydrogen) atoms. The van der Waals surface area contributed by atoms with E-state index in [-0.39, 0.29) is 5.91 Å². The molecule has 0 aromatic heterocycles. The molecule has 0 aliphatic carbocycles. The monoisotopic (exact) mass is 161 g/mol. The van der Waals surface area contributed by atoms with Gasteiger partial charge in [-0.25, -0.2) is 0 Å². The van der Waals surface area contributed by atoms with Crippen molar-refractivity contribution in [2.24, 2.45) is 0 Å². The van der Waals surface area contributed by atoms with Crippen molar-refractivity contribution < 1.29 is 4.79 Å². The summed E-state index contributed by atoms with van der Waals surface area (Å²) in [5, 5.41) is 2.11. The van der Waals surface area contributed by atoms with Crippen molar-refractivity contribution in [3.8, 4) is 0 Å². The summed E-state index contributed by atoms with van der Waals surface area (Å²) < 4.78 is 0. The Kier molecular flexibility index (Phi) is 2.48. The van der Waals surface area contributed by atoms with Crippen LogP contribution < -0.4 is 5.32 Å². The van der Waals surface area contributed by atoms with E-state index in [1.54, 1.807) is 0 Å². The van der Waals surface area contributed by atoms with Crippen molar-refractivity contribution in [2.75, 3.05) is 0 Å². The van der Waals surface area contributed by atoms with Gasteiger partial charge in [0.2, 0.25) is 0 Å². The highest BCUT2D eigenvalue weighted by atomic mass is 16.1. The van der Waals surface area contributed by atoms with Crippen LogP contribution in [0.15, 0.2) is 18.2 Å². The van der Waals surface area contributed by atoms with Crippen LogP contribution in [0.5, 0.6) is 0 Å². The van der Waals surface area contributed by atoms with Crippen molar-refractivity contribution in [1.82, 2.24) is 5.32 Å². The number of hydrogen-bond donors (Lipinski definition) is 1. The molecule has 0 atom stereocenters. The third kappa shape index (κ3) is 1.64. The summed E-state index contributed by atoms with van der Waals surface area (Å²) in [6, 6.07) is 5.68. The maximum Gasteiger partial charge on any atom is 0.251 e. The van der Waals surface area contributed by atoms with E-state index in [9.17, 15) is 4.79 Å². The number of nitrogens with one attached hydrogen (secondary N) is 1. The van der Waals surface area contributed by atoms with Crippen molar-refractivity contribution in [3.63, 3.8) is 0 Å². The molecule has 0 fully saturated rings. The molecule has 0 saturated carbocycles. The Morgan fingerprint density at radius 3 is 2.67 bits per heavy atom. The number of carbonyl (C=O) groups excluding carboxylic acids is 1. The van der Waals surface area contributed by atoms with Crippen LogP contribution in [-0.4, -0.2) is 5.91 Å². The van der Waals surface area contributed by atoms with E-state index in [1.807, 2.05) is 32.0 Å². The molecular weight excluding hydrogens is 150 g/mol. The quantitative estimate of drug-likeness (QED) is 0.624. The lowest BCUT2D eigenvalue weighted by molar-refractivity contribution is 0.0968. The van der Waals surface area contributed by atoms with Crippen LogP contribution in [0.3, 0.4) is 0 Å². The van der Waals surface area contributed by atoms with E-state index in [0.29, 0.717) is 5.56 Å². The normalized spacial score (nSPS) is 9.58. The highest BCUT2D eigenvalue weighted by Gasteiger charge is 2.05. The standard InChI is InChI=1S/C10H11NO/c1-7-4-5-8(2)9(6-7)10(12)11-3/h3-6H,1-2H3,(H,11,12). The second-order valence-electron chi connectivity index (χ2n) is 2.79. The fraction of sp³-hybridized carbons (Fsp3) is 0.200. The Bertz CT molecular complexity index is 305. The van der Waals surface area contributed by atoms with Gasteiger partial charge >= 0.3 is 0 Å². The molecule has 1 rings (SSSR count). The molecule has 0 aliphatic heterocycles. The first kappa shape index (κ1) is 8.78. The summed E-state index contributed by atoms with van der Waals surface area (Å²) in [7, 11) is 5.02. The van der Waals surface area contributed by atoms with Crippen molar-refractivity contribution >= 4 is 5.91 Å². The number of hydrogen-bond acceptors (Lipinski definition) is 1. The Morgan fingerprint density at radius 1 is 1.42 bits per heavy atom. The molecule has 2 heteroatoms. The zero-order valence-electron chi connectivity index (χ0n) is 7.22. The lowest BCUT2D eigenvalue weighted by atomic mass is 10.1. The van der Waals surface area contributed by atoms with Gasteiger partial charge in [-0.2, -0.15) is 0 Å². The first-order valence-corrected chi connectivity index (χ1v) is 3.73. The van der Waals surface area contributed by atoms with Gasteiger partial charge in [0, 0.05) is 5.56 Å². The summed E-state index contributed by atoms with van der Waals surface area (Å²) in [6.45, 7) is 3.82. The van der Waals surface area contributed by atoms with E-state index in [1.165, 1.54) is 0 Å². The Balaban J connectivity index is 3.13. The van der Waals surface area contributed by atoms with Crippen LogP contribution in [0.25, 0.3) is 0 Å². The van der Waals surface area contributed by atoms with Gasteiger partial charge in [0.25, 0.3) is 5.91 Å². The molecule has 1 N–H and O–H groups in total. The first-order valence-electron chi connectivity index (χ1n) is 3.73. The summed E-state index contributed by atoms with van der Waals surface area (Å²) in [4.78, 5) is 11.2. The molecular formula is C10H11NO. The molecule has 2 radical (unpaired) electrons. The molecule has 0 bridgehead atoms. The fourth-order valence-corrected chi connectivity index (χ4v) is 1.06. The van der Waals surface area contributed by atoms with Gasteiger partial charge in [-0.1, -0.05) is 17.7 Å². The van der Waals surface area contributed by atoms with Crippen molar-refractivity contribution in [3.05, 3.63) is 41.9 Å². The highest BCUT2D eigenvalue weighted by Crippen LogP contribution is 2.09. The third-order valence-corrected chi connectivity index (χ3v) is 1.77. The van der Waals surface area contributed by atoms with Gasteiger partial charge in [0.1, 0.15) is 0 Å². The molecule has 1 amide bonds. The fourth-order valence-electron chi connectivity index (χ4n) is 1.06. The largest absolute Gasteiger partial charge is 0.345 e. The predicted molar refractivity (Wildman–Crippen MR) is 47.7 cm³/mol. The first-order chi connectivity index (χ1) is 5.65. The molecule has 0 aliphatic rings. The number of amides is 1. The maximum absolute atomic E-state index is 11.2. The van der Waals surface area contributed by atoms with E-state index in [2.05, 4.69) is 5.32 Å². The summed E-state index contributed by atoms with van der Waals surface area (Å²) in [5.41, 5.74) is 2.63. The molecule has 1 aromatic rings. The zero-order chi connectivity index (χ0) is 9.14. The van der Waals surface area contributed by atoms with E-state index >= 15 is 0 Å². The Hall–Kier alpha value is -1.31. The molecule has 0 spiro atoms. The van der Waals surface area contributed by atoms with Crippen LogP contribution in [-0.2, 0) is 0 Å². The van der Waals surface area contributed by atoms with E-state index in [0.717, 1.165) is 11.1 Å². The van der Waals surface area contributed by atoms with Crippen LogP contribution in [0.2, 0.25) is 0 Å². The van der Waals surface area contributed by atoms with Crippen LogP contribution in [0.1, 0.15) is 21.5 Å². The van der Waals surface area contributed by atoms with Gasteiger partial charge in [-0.05, 0) is 25.5 Å². The molecule has 1 aromatic carbocycles. The van der Waals surface area contributed by atoms with Crippen molar-refractivity contribution in [2.45, 2.75) is 13.8 Å². The number of carbonyl (C=O) groups is 1. The highest BCUT2D eigenvalue weighted by molar-refractivity contribution is 5.95. The zero-order valence-corrected chi connectivity index (χ0v) is 7.22. The predicted octanol–water partition coefficient (Wildman–Crippen LogP) is 1.70. The van der Waals surface area contributed by atoms with Crippen molar-refractivity contribution in [1.29, 1.82) is 0 Å². The maximum atomic E-state index is 11.2. The second-order valence-corrected chi connectivity index (χ2v) is 2.79. The van der Waals surface area contributed by atoms with Gasteiger partial charge in [-0.15, -0.1) is 0 Å². The summed E-state index contributed by atoms with van der Waals surface area (Å²) in [6.07, 6.45) is 0. The lowest BCUT2D eigenvalue weighted by Gasteiger charge is -2.04. The minimum absolute atomic E-state index is 0.240. The lowest BCUT2D eigenvalue weighted by Crippen LogP contribution is -2.16. The van der Waals surface area contributed by atoms with Gasteiger partial charge < -0.3 is 5.32 Å². The van der Waals surface area contributed by atoms with Crippen LogP contribution in [0, 0.1) is 20.9 Å². The number of rotatable bonds is 1. The van der Waals surface area contributed by atoms with Gasteiger partial charge in [-0.3, -0.25) is 4.79 Å². The molecule has 0 unspecified atom stereocenters. The topological polar surface area (TPSA) is 29.1 Å². The van der Waals surface area contributed by atoms with Crippen LogP contribution >= 0.6 is 0 Å². The average Bonchev–Trinajstić information content (AvgIpc) is 2.08. The van der Waals surface area contributed by atoms with Gasteiger partial charge in [0.05, 0.1) is 7.05 Å². The molecule has 62 valence electrons. The summed E-state index contributed by atoms with van der Waals surface area (Å²) in [5.74, 6) is -0.240. The number of aryl methyl sites for hydroxylation is 2. The minimum Gasteiger partial charge on any atom is -0.345 e. The van der Waals surface area contributed by atoms with Gasteiger partial charge in [0.15, 0.2) is 0 Å². The van der Waals surface area contributed by atoms with E-state index in [4.69, 9.17) is 7.05 Å². The third-order valence-electron chi connectivity index (χ3n) is 1.77. The van der Waals surface area contributed by atoms with Crippen LogP contribution in [0.4, 0.5) is 0 Å². The molecule has 2 nitrogen and oxygen atoms in total. The Labute approximate surface area is 72.6 Å². The number of benzene rings is 1. The summed E-state index contributed by atoms with van der Waals surface area (Å²) >= 11 is 0. The SMILES string of the molecule is [CH]NC(=O)c1cc(C)ccc1C. The second kappa shape index (κ2) is 3.39. The minimum atomic E-state index is -0.240. The molecule has 0 heterocycles. The van der Waals surface area contributed by atoms with E-state index < -0.39 is 0 Å². The Morgan fingerprint density at radius 2 is 2.08 bits per heavy atom. The molecule has 0 saturated heterocycles. The smallest absolute Gasteiger partial charge is 0.251 e. The average molecular weight is 161 g/mol.